The first-order chi connectivity index (χ1) is 11.3. The van der Waals surface area contributed by atoms with Gasteiger partial charge in [0.25, 0.3) is 6.01 Å². The molecule has 0 N–H and O–H groups in total. The Bertz CT molecular complexity index is 756. The van der Waals surface area contributed by atoms with E-state index in [9.17, 15) is 0 Å². The van der Waals surface area contributed by atoms with Gasteiger partial charge in [-0.25, -0.2) is 4.98 Å². The van der Waals surface area contributed by atoms with Crippen molar-refractivity contribution in [2.75, 3.05) is 31.1 Å². The van der Waals surface area contributed by atoms with E-state index >= 15 is 0 Å². The highest BCUT2D eigenvalue weighted by molar-refractivity contribution is 7.09. The Kier molecular flexibility index (Phi) is 4.01. The lowest BCUT2D eigenvalue weighted by molar-refractivity contribution is 0.243. The monoisotopic (exact) mass is 328 g/mol. The fraction of sp³-hybridized carbons (Fsp3) is 0.412. The van der Waals surface area contributed by atoms with Gasteiger partial charge in [0, 0.05) is 38.1 Å². The zero-order valence-corrected chi connectivity index (χ0v) is 14.1. The van der Waals surface area contributed by atoms with Crippen molar-refractivity contribution >= 4 is 28.5 Å². The third kappa shape index (κ3) is 3.09. The van der Waals surface area contributed by atoms with Gasteiger partial charge in [0.1, 0.15) is 5.52 Å². The van der Waals surface area contributed by atoms with Crippen LogP contribution in [0.3, 0.4) is 0 Å². The van der Waals surface area contributed by atoms with Crippen molar-refractivity contribution < 1.29 is 4.42 Å². The minimum atomic E-state index is 0.743. The molecule has 0 radical (unpaired) electrons. The van der Waals surface area contributed by atoms with E-state index in [1.165, 1.54) is 10.7 Å². The number of anilines is 1. The summed E-state index contributed by atoms with van der Waals surface area (Å²) in [5, 5.41) is 3.41. The second-order valence-corrected chi connectivity index (χ2v) is 6.76. The zero-order chi connectivity index (χ0) is 15.6. The van der Waals surface area contributed by atoms with Crippen LogP contribution >= 0.6 is 11.3 Å². The Morgan fingerprint density at radius 3 is 2.70 bits per heavy atom. The van der Waals surface area contributed by atoms with Gasteiger partial charge >= 0.3 is 0 Å². The van der Waals surface area contributed by atoms with Crippen molar-refractivity contribution in [2.45, 2.75) is 19.9 Å². The number of rotatable bonds is 4. The SMILES string of the molecule is CCc1nc(CN2CCN(c3nc4ccccc4o3)CC2)cs1. The summed E-state index contributed by atoms with van der Waals surface area (Å²) in [6.07, 6.45) is 1.02. The Labute approximate surface area is 139 Å². The van der Waals surface area contributed by atoms with Gasteiger partial charge in [-0.2, -0.15) is 4.98 Å². The Balaban J connectivity index is 1.38. The first-order valence-electron chi connectivity index (χ1n) is 8.08. The van der Waals surface area contributed by atoms with Crippen molar-refractivity contribution in [3.8, 4) is 0 Å². The number of aromatic nitrogens is 2. The molecule has 3 aromatic rings. The molecule has 1 saturated heterocycles. The number of piperazine rings is 1. The Morgan fingerprint density at radius 1 is 1.13 bits per heavy atom. The molecule has 0 spiro atoms. The summed E-state index contributed by atoms with van der Waals surface area (Å²) in [4.78, 5) is 13.9. The number of nitrogens with zero attached hydrogens (tertiary/aromatic N) is 4. The number of thiazole rings is 1. The van der Waals surface area contributed by atoms with Crippen LogP contribution in [-0.4, -0.2) is 41.0 Å². The average Bonchev–Trinajstić information content (AvgIpc) is 3.21. The predicted molar refractivity (Wildman–Crippen MR) is 93.0 cm³/mol. The normalized spacial score (nSPS) is 16.3. The second kappa shape index (κ2) is 6.29. The van der Waals surface area contributed by atoms with E-state index in [-0.39, 0.29) is 0 Å². The maximum Gasteiger partial charge on any atom is 0.298 e. The van der Waals surface area contributed by atoms with Gasteiger partial charge < -0.3 is 9.32 Å². The number of fused-ring (bicyclic) bond motifs is 1. The number of hydrogen-bond acceptors (Lipinski definition) is 6. The lowest BCUT2D eigenvalue weighted by Gasteiger charge is -2.33. The Hall–Kier alpha value is -1.92. The van der Waals surface area contributed by atoms with Gasteiger partial charge in [0.05, 0.1) is 10.7 Å². The van der Waals surface area contributed by atoms with Gasteiger partial charge in [-0.1, -0.05) is 19.1 Å². The largest absolute Gasteiger partial charge is 0.423 e. The molecule has 2 aromatic heterocycles. The maximum atomic E-state index is 5.86. The lowest BCUT2D eigenvalue weighted by Crippen LogP contribution is -2.46. The van der Waals surface area contributed by atoms with E-state index < -0.39 is 0 Å². The predicted octanol–water partition coefficient (Wildman–Crippen LogP) is 3.17. The molecule has 0 aliphatic carbocycles. The summed E-state index contributed by atoms with van der Waals surface area (Å²) in [7, 11) is 0. The molecule has 0 bridgehead atoms. The minimum Gasteiger partial charge on any atom is -0.423 e. The van der Waals surface area contributed by atoms with Crippen molar-refractivity contribution in [2.24, 2.45) is 0 Å². The van der Waals surface area contributed by atoms with Crippen LogP contribution in [0.25, 0.3) is 11.1 Å². The third-order valence-corrected chi connectivity index (χ3v) is 5.25. The molecule has 120 valence electrons. The van der Waals surface area contributed by atoms with E-state index in [4.69, 9.17) is 4.42 Å². The quantitative estimate of drug-likeness (QED) is 0.736. The summed E-state index contributed by atoms with van der Waals surface area (Å²) >= 11 is 1.76. The second-order valence-electron chi connectivity index (χ2n) is 5.81. The standard InChI is InChI=1S/C17H20N4OS/c1-2-16-18-13(12-23-16)11-20-7-9-21(10-8-20)17-19-14-5-3-4-6-15(14)22-17/h3-6,12H,2,7-11H2,1H3. The van der Waals surface area contributed by atoms with Crippen LogP contribution in [0.2, 0.25) is 0 Å². The number of benzene rings is 1. The van der Waals surface area contributed by atoms with Gasteiger partial charge in [-0.05, 0) is 18.6 Å². The summed E-state index contributed by atoms with van der Waals surface area (Å²) < 4.78 is 5.86. The van der Waals surface area contributed by atoms with Crippen molar-refractivity contribution in [3.05, 3.63) is 40.3 Å². The molecular weight excluding hydrogens is 308 g/mol. The van der Waals surface area contributed by atoms with Gasteiger partial charge in [-0.15, -0.1) is 11.3 Å². The zero-order valence-electron chi connectivity index (χ0n) is 13.2. The first kappa shape index (κ1) is 14.7. The van der Waals surface area contributed by atoms with Crippen LogP contribution in [-0.2, 0) is 13.0 Å². The minimum absolute atomic E-state index is 0.743. The molecule has 4 rings (SSSR count). The molecule has 1 aliphatic rings. The van der Waals surface area contributed by atoms with Gasteiger partial charge in [0.15, 0.2) is 5.58 Å². The highest BCUT2D eigenvalue weighted by Crippen LogP contribution is 2.23. The average molecular weight is 328 g/mol. The fourth-order valence-corrected chi connectivity index (χ4v) is 3.64. The van der Waals surface area contributed by atoms with Gasteiger partial charge in [-0.3, -0.25) is 4.90 Å². The maximum absolute atomic E-state index is 5.86. The number of aryl methyl sites for hydroxylation is 1. The molecular formula is C17H20N4OS. The number of para-hydroxylation sites is 2. The molecule has 6 heteroatoms. The van der Waals surface area contributed by atoms with Crippen LogP contribution in [0, 0.1) is 0 Å². The van der Waals surface area contributed by atoms with E-state index in [1.54, 1.807) is 11.3 Å². The molecule has 0 amide bonds. The molecule has 1 aromatic carbocycles. The smallest absolute Gasteiger partial charge is 0.298 e. The highest BCUT2D eigenvalue weighted by atomic mass is 32.1. The third-order valence-electron chi connectivity index (χ3n) is 4.21. The summed E-state index contributed by atoms with van der Waals surface area (Å²) in [6, 6.07) is 8.67. The van der Waals surface area contributed by atoms with Crippen molar-refractivity contribution in [1.82, 2.24) is 14.9 Å². The summed E-state index contributed by atoms with van der Waals surface area (Å²) in [5.41, 5.74) is 2.99. The van der Waals surface area contributed by atoms with Crippen LogP contribution in [0.1, 0.15) is 17.6 Å². The van der Waals surface area contributed by atoms with Crippen LogP contribution in [0.5, 0.6) is 0 Å². The molecule has 1 aliphatic heterocycles. The van der Waals surface area contributed by atoms with Crippen molar-refractivity contribution in [1.29, 1.82) is 0 Å². The van der Waals surface area contributed by atoms with Crippen molar-refractivity contribution in [3.63, 3.8) is 0 Å². The van der Waals surface area contributed by atoms with Gasteiger partial charge in [0.2, 0.25) is 0 Å². The lowest BCUT2D eigenvalue weighted by atomic mass is 10.3. The van der Waals surface area contributed by atoms with Crippen LogP contribution in [0.4, 0.5) is 6.01 Å². The highest BCUT2D eigenvalue weighted by Gasteiger charge is 2.21. The molecule has 1 fully saturated rings. The topological polar surface area (TPSA) is 45.4 Å². The molecule has 5 nitrogen and oxygen atoms in total. The Morgan fingerprint density at radius 2 is 1.96 bits per heavy atom. The molecule has 3 heterocycles. The number of oxazole rings is 1. The molecule has 0 saturated carbocycles. The van der Waals surface area contributed by atoms with E-state index in [2.05, 4.69) is 32.1 Å². The van der Waals surface area contributed by atoms with E-state index in [0.717, 1.165) is 56.3 Å². The molecule has 0 unspecified atom stereocenters. The van der Waals surface area contributed by atoms with Crippen LogP contribution in [0.15, 0.2) is 34.1 Å². The van der Waals surface area contributed by atoms with E-state index in [0.29, 0.717) is 0 Å². The molecule has 0 atom stereocenters. The first-order valence-corrected chi connectivity index (χ1v) is 8.96. The van der Waals surface area contributed by atoms with Crippen LogP contribution < -0.4 is 4.90 Å². The molecule has 23 heavy (non-hydrogen) atoms. The summed E-state index contributed by atoms with van der Waals surface area (Å²) in [6.45, 7) is 7.00. The number of hydrogen-bond donors (Lipinski definition) is 0. The summed E-state index contributed by atoms with van der Waals surface area (Å²) in [5.74, 6) is 0. The fourth-order valence-electron chi connectivity index (χ4n) is 2.91. The van der Waals surface area contributed by atoms with E-state index in [1.807, 2.05) is 24.3 Å².